The van der Waals surface area contributed by atoms with Crippen LogP contribution in [-0.4, -0.2) is 31.8 Å². The largest absolute Gasteiger partial charge is 0.508 e. The van der Waals surface area contributed by atoms with E-state index in [0.29, 0.717) is 23.6 Å². The molecule has 0 bridgehead atoms. The van der Waals surface area contributed by atoms with Crippen molar-refractivity contribution in [3.63, 3.8) is 0 Å². The number of methoxy groups -OCH3 is 2. The highest BCUT2D eigenvalue weighted by molar-refractivity contribution is 9.10. The van der Waals surface area contributed by atoms with E-state index >= 15 is 0 Å². The van der Waals surface area contributed by atoms with E-state index in [9.17, 15) is 14.3 Å². The molecule has 1 aliphatic carbocycles. The number of halogens is 2. The van der Waals surface area contributed by atoms with Crippen molar-refractivity contribution in [1.29, 1.82) is 0 Å². The van der Waals surface area contributed by atoms with Crippen LogP contribution in [0.25, 0.3) is 0 Å². The lowest BCUT2D eigenvalue weighted by Gasteiger charge is -2.38. The molecule has 0 aliphatic heterocycles. The molecule has 1 amide bonds. The van der Waals surface area contributed by atoms with Crippen LogP contribution in [0.2, 0.25) is 0 Å². The zero-order valence-corrected chi connectivity index (χ0v) is 22.8. The number of nitrogens with one attached hydrogen (secondary N) is 1. The zero-order valence-electron chi connectivity index (χ0n) is 21.2. The van der Waals surface area contributed by atoms with Gasteiger partial charge in [-0.3, -0.25) is 4.79 Å². The Morgan fingerprint density at radius 3 is 2.38 bits per heavy atom. The molecular weight excluding hydrogens is 537 g/mol. The molecule has 196 valence electrons. The van der Waals surface area contributed by atoms with Crippen LogP contribution < -0.4 is 14.8 Å². The van der Waals surface area contributed by atoms with E-state index in [-0.39, 0.29) is 29.3 Å². The molecule has 3 aromatic rings. The molecule has 0 heterocycles. The summed E-state index contributed by atoms with van der Waals surface area (Å²) in [5.41, 5.74) is 2.31. The Morgan fingerprint density at radius 1 is 1.00 bits per heavy atom. The molecule has 1 unspecified atom stereocenters. The molecule has 1 fully saturated rings. The van der Waals surface area contributed by atoms with E-state index in [1.807, 2.05) is 18.2 Å². The maximum absolute atomic E-state index is 13.6. The number of amides is 1. The fraction of sp³-hybridized carbons (Fsp3) is 0.367. The van der Waals surface area contributed by atoms with Crippen molar-refractivity contribution in [2.75, 3.05) is 20.8 Å². The Kier molecular flexibility index (Phi) is 8.75. The number of ether oxygens (including phenoxy) is 2. The Morgan fingerprint density at radius 2 is 1.70 bits per heavy atom. The second-order valence-electron chi connectivity index (χ2n) is 9.70. The van der Waals surface area contributed by atoms with Gasteiger partial charge in [0.2, 0.25) is 5.91 Å². The molecule has 7 heteroatoms. The van der Waals surface area contributed by atoms with Gasteiger partial charge in [-0.2, -0.15) is 0 Å². The first-order valence-corrected chi connectivity index (χ1v) is 13.4. The van der Waals surface area contributed by atoms with Gasteiger partial charge in [-0.25, -0.2) is 4.39 Å². The molecule has 0 radical (unpaired) electrons. The number of hydrogen-bond donors (Lipinski definition) is 2. The summed E-state index contributed by atoms with van der Waals surface area (Å²) in [5.74, 6) is 0.551. The summed E-state index contributed by atoms with van der Waals surface area (Å²) in [4.78, 5) is 13.4. The van der Waals surface area contributed by atoms with Crippen LogP contribution in [0.5, 0.6) is 17.2 Å². The topological polar surface area (TPSA) is 67.8 Å². The van der Waals surface area contributed by atoms with Gasteiger partial charge < -0.3 is 19.9 Å². The third kappa shape index (κ3) is 6.27. The van der Waals surface area contributed by atoms with Crippen molar-refractivity contribution in [2.45, 2.75) is 49.9 Å². The number of rotatable bonds is 9. The maximum Gasteiger partial charge on any atom is 0.220 e. The molecule has 2 N–H and O–H groups in total. The van der Waals surface area contributed by atoms with Crippen LogP contribution in [0.15, 0.2) is 65.1 Å². The molecule has 0 aromatic heterocycles. The van der Waals surface area contributed by atoms with Gasteiger partial charge in [0.15, 0.2) is 11.5 Å². The Bertz CT molecular complexity index is 1220. The summed E-state index contributed by atoms with van der Waals surface area (Å²) in [6.45, 7) is 0.502. The fourth-order valence-corrected chi connectivity index (χ4v) is 5.77. The predicted octanol–water partition coefficient (Wildman–Crippen LogP) is 6.85. The van der Waals surface area contributed by atoms with Crippen molar-refractivity contribution in [1.82, 2.24) is 5.32 Å². The Balaban J connectivity index is 1.58. The second-order valence-corrected chi connectivity index (χ2v) is 10.6. The molecule has 0 spiro atoms. The molecule has 3 aromatic carbocycles. The van der Waals surface area contributed by atoms with Gasteiger partial charge in [-0.05, 0) is 66.4 Å². The van der Waals surface area contributed by atoms with E-state index in [4.69, 9.17) is 9.47 Å². The van der Waals surface area contributed by atoms with Crippen molar-refractivity contribution in [3.05, 3.63) is 87.6 Å². The summed E-state index contributed by atoms with van der Waals surface area (Å²) < 4.78 is 25.4. The minimum atomic E-state index is -0.429. The summed E-state index contributed by atoms with van der Waals surface area (Å²) in [5, 5.41) is 13.8. The SMILES string of the molecule is COc1ccc(C2(CNC(=O)CC(c3ccc(F)cc3)c3cc(Br)ccc3O)CCCCC2)cc1OC. The number of carbonyl (C=O) groups is 1. The number of phenolic OH excluding ortho intramolecular Hbond substituents is 1. The third-order valence-electron chi connectivity index (χ3n) is 7.46. The van der Waals surface area contributed by atoms with Gasteiger partial charge in [0.1, 0.15) is 11.6 Å². The highest BCUT2D eigenvalue weighted by Crippen LogP contribution is 2.42. The smallest absolute Gasteiger partial charge is 0.220 e. The number of carbonyl (C=O) groups excluding carboxylic acids is 1. The lowest BCUT2D eigenvalue weighted by atomic mass is 9.69. The van der Waals surface area contributed by atoms with E-state index in [1.165, 1.54) is 18.6 Å². The van der Waals surface area contributed by atoms with Crippen molar-refractivity contribution in [3.8, 4) is 17.2 Å². The Labute approximate surface area is 226 Å². The highest BCUT2D eigenvalue weighted by atomic mass is 79.9. The van der Waals surface area contributed by atoms with Crippen LogP contribution in [-0.2, 0) is 10.2 Å². The molecular formula is C30H33BrFNO4. The maximum atomic E-state index is 13.6. The van der Waals surface area contributed by atoms with Crippen LogP contribution in [0.1, 0.15) is 61.1 Å². The first-order chi connectivity index (χ1) is 17.8. The Hall–Kier alpha value is -3.06. The summed E-state index contributed by atoms with van der Waals surface area (Å²) in [6.07, 6.45) is 5.42. The van der Waals surface area contributed by atoms with E-state index < -0.39 is 5.92 Å². The lowest BCUT2D eigenvalue weighted by molar-refractivity contribution is -0.121. The standard InChI is InChI=1S/C30H33BrFNO4/c1-36-27-13-8-21(16-28(27)37-2)30(14-4-3-5-15-30)19-33-29(35)18-24(20-6-10-23(32)11-7-20)25-17-22(31)9-12-26(25)34/h6-13,16-17,24,34H,3-5,14-15,18-19H2,1-2H3,(H,33,35). The third-order valence-corrected chi connectivity index (χ3v) is 7.95. The highest BCUT2D eigenvalue weighted by Gasteiger charge is 2.35. The first kappa shape index (κ1) is 27.0. The minimum absolute atomic E-state index is 0.0967. The van der Waals surface area contributed by atoms with Crippen molar-refractivity contribution in [2.24, 2.45) is 0 Å². The van der Waals surface area contributed by atoms with E-state index in [1.54, 1.807) is 38.5 Å². The summed E-state index contributed by atoms with van der Waals surface area (Å²) >= 11 is 3.46. The average Bonchev–Trinajstić information content (AvgIpc) is 2.92. The predicted molar refractivity (Wildman–Crippen MR) is 146 cm³/mol. The van der Waals surface area contributed by atoms with Crippen LogP contribution in [0.3, 0.4) is 0 Å². The van der Waals surface area contributed by atoms with E-state index in [0.717, 1.165) is 41.3 Å². The number of phenols is 1. The molecule has 1 saturated carbocycles. The fourth-order valence-electron chi connectivity index (χ4n) is 5.39. The van der Waals surface area contributed by atoms with Gasteiger partial charge in [0.05, 0.1) is 14.2 Å². The van der Waals surface area contributed by atoms with Gasteiger partial charge in [-0.15, -0.1) is 0 Å². The molecule has 1 aliphatic rings. The minimum Gasteiger partial charge on any atom is -0.508 e. The quantitative estimate of drug-likeness (QED) is 0.295. The van der Waals surface area contributed by atoms with Crippen LogP contribution >= 0.6 is 15.9 Å². The second kappa shape index (κ2) is 12.0. The van der Waals surface area contributed by atoms with Crippen LogP contribution in [0, 0.1) is 5.82 Å². The number of hydrogen-bond acceptors (Lipinski definition) is 4. The molecule has 5 nitrogen and oxygen atoms in total. The number of benzene rings is 3. The first-order valence-electron chi connectivity index (χ1n) is 12.6. The number of aromatic hydroxyl groups is 1. The van der Waals surface area contributed by atoms with Gasteiger partial charge >= 0.3 is 0 Å². The monoisotopic (exact) mass is 569 g/mol. The zero-order chi connectivity index (χ0) is 26.4. The lowest BCUT2D eigenvalue weighted by Crippen LogP contribution is -2.42. The van der Waals surface area contributed by atoms with Gasteiger partial charge in [0.25, 0.3) is 0 Å². The summed E-state index contributed by atoms with van der Waals surface area (Å²) in [6, 6.07) is 17.3. The van der Waals surface area contributed by atoms with Gasteiger partial charge in [0, 0.05) is 34.3 Å². The molecule has 0 saturated heterocycles. The summed E-state index contributed by atoms with van der Waals surface area (Å²) in [7, 11) is 3.25. The molecule has 1 atom stereocenters. The van der Waals surface area contributed by atoms with Crippen molar-refractivity contribution >= 4 is 21.8 Å². The van der Waals surface area contributed by atoms with Gasteiger partial charge in [-0.1, -0.05) is 53.4 Å². The normalized spacial score (nSPS) is 15.6. The van der Waals surface area contributed by atoms with Crippen LogP contribution in [0.4, 0.5) is 4.39 Å². The average molecular weight is 570 g/mol. The molecule has 4 rings (SSSR count). The molecule has 37 heavy (non-hydrogen) atoms. The van der Waals surface area contributed by atoms with Crippen molar-refractivity contribution < 1.29 is 23.8 Å². The van der Waals surface area contributed by atoms with E-state index in [2.05, 4.69) is 27.3 Å².